The van der Waals surface area contributed by atoms with Crippen molar-refractivity contribution in [2.24, 2.45) is 0 Å². The molecule has 2 N–H and O–H groups in total. The van der Waals surface area contributed by atoms with Crippen molar-refractivity contribution < 1.29 is 9.21 Å². The summed E-state index contributed by atoms with van der Waals surface area (Å²) >= 11 is 0. The van der Waals surface area contributed by atoms with Gasteiger partial charge in [-0.3, -0.25) is 4.79 Å². The van der Waals surface area contributed by atoms with Crippen LogP contribution in [0.3, 0.4) is 0 Å². The van der Waals surface area contributed by atoms with Crippen molar-refractivity contribution >= 4 is 17.0 Å². The Morgan fingerprint density at radius 3 is 2.94 bits per heavy atom. The van der Waals surface area contributed by atoms with E-state index in [9.17, 15) is 4.79 Å². The minimum atomic E-state index is -0.0247. The highest BCUT2D eigenvalue weighted by molar-refractivity contribution is 5.96. The lowest BCUT2D eigenvalue weighted by atomic mass is 9.95. The monoisotopic (exact) mass is 232 g/mol. The van der Waals surface area contributed by atoms with Crippen LogP contribution in [0.15, 0.2) is 22.8 Å². The summed E-state index contributed by atoms with van der Waals surface area (Å²) in [5.41, 5.74) is 2.20. The molecule has 0 saturated heterocycles. The molecule has 0 aliphatic heterocycles. The number of aromatic amines is 1. The molecule has 1 amide bonds. The van der Waals surface area contributed by atoms with Crippen molar-refractivity contribution in [2.45, 2.75) is 38.1 Å². The third-order valence-electron chi connectivity index (χ3n) is 3.42. The molecule has 4 heteroatoms. The van der Waals surface area contributed by atoms with Crippen molar-refractivity contribution in [3.05, 3.63) is 24.1 Å². The van der Waals surface area contributed by atoms with E-state index >= 15 is 0 Å². The van der Waals surface area contributed by atoms with Crippen molar-refractivity contribution in [1.29, 1.82) is 0 Å². The summed E-state index contributed by atoms with van der Waals surface area (Å²) < 4.78 is 5.23. The molecule has 0 spiro atoms. The molecule has 1 aliphatic carbocycles. The molecule has 1 saturated carbocycles. The Balaban J connectivity index is 1.71. The second-order valence-corrected chi connectivity index (χ2v) is 4.69. The third kappa shape index (κ3) is 2.07. The molecule has 4 nitrogen and oxygen atoms in total. The average molecular weight is 232 g/mol. The molecule has 3 rings (SSSR count). The predicted octanol–water partition coefficient (Wildman–Crippen LogP) is 2.82. The van der Waals surface area contributed by atoms with Crippen LogP contribution < -0.4 is 5.32 Å². The van der Waals surface area contributed by atoms with Gasteiger partial charge in [-0.05, 0) is 12.8 Å². The Kier molecular flexibility index (Phi) is 2.63. The van der Waals surface area contributed by atoms with Gasteiger partial charge in [0.25, 0.3) is 5.91 Å². The van der Waals surface area contributed by atoms with Crippen LogP contribution in [0.1, 0.15) is 42.6 Å². The van der Waals surface area contributed by atoms with Gasteiger partial charge in [-0.2, -0.15) is 0 Å². The predicted molar refractivity (Wildman–Crippen MR) is 64.9 cm³/mol. The minimum absolute atomic E-state index is 0.0247. The van der Waals surface area contributed by atoms with E-state index in [1.807, 2.05) is 6.07 Å². The SMILES string of the molecule is O=C(NC1CCCCC1)c1cc2occc2[nH]1. The third-order valence-corrected chi connectivity index (χ3v) is 3.42. The number of H-pyrrole nitrogens is 1. The van der Waals surface area contributed by atoms with Crippen LogP contribution in [0.25, 0.3) is 11.1 Å². The van der Waals surface area contributed by atoms with Crippen LogP contribution in [0.2, 0.25) is 0 Å². The molecule has 0 atom stereocenters. The number of rotatable bonds is 2. The van der Waals surface area contributed by atoms with Crippen LogP contribution in [0.4, 0.5) is 0 Å². The Morgan fingerprint density at radius 2 is 2.18 bits per heavy atom. The molecule has 1 fully saturated rings. The maximum Gasteiger partial charge on any atom is 0.268 e. The van der Waals surface area contributed by atoms with Crippen LogP contribution in [0.5, 0.6) is 0 Å². The highest BCUT2D eigenvalue weighted by Gasteiger charge is 2.18. The number of hydrogen-bond donors (Lipinski definition) is 2. The van der Waals surface area contributed by atoms with E-state index in [-0.39, 0.29) is 5.91 Å². The largest absolute Gasteiger partial charge is 0.463 e. The highest BCUT2D eigenvalue weighted by Crippen LogP contribution is 2.19. The Morgan fingerprint density at radius 1 is 1.35 bits per heavy atom. The van der Waals surface area contributed by atoms with E-state index in [2.05, 4.69) is 10.3 Å². The van der Waals surface area contributed by atoms with Gasteiger partial charge in [-0.15, -0.1) is 0 Å². The zero-order valence-electron chi connectivity index (χ0n) is 9.66. The van der Waals surface area contributed by atoms with Gasteiger partial charge in [0, 0.05) is 18.2 Å². The second-order valence-electron chi connectivity index (χ2n) is 4.69. The van der Waals surface area contributed by atoms with Crippen LogP contribution in [0, 0.1) is 0 Å². The lowest BCUT2D eigenvalue weighted by Crippen LogP contribution is -2.36. The number of furan rings is 1. The molecule has 0 bridgehead atoms. The summed E-state index contributed by atoms with van der Waals surface area (Å²) in [6, 6.07) is 3.92. The standard InChI is InChI=1S/C13H16N2O2/c16-13(14-9-4-2-1-3-5-9)11-8-12-10(15-11)6-7-17-12/h6-9,15H,1-5H2,(H,14,16). The molecular weight excluding hydrogens is 216 g/mol. The number of fused-ring (bicyclic) bond motifs is 1. The van der Waals surface area contributed by atoms with E-state index in [1.54, 1.807) is 12.3 Å². The summed E-state index contributed by atoms with van der Waals surface area (Å²) in [6.45, 7) is 0. The minimum Gasteiger partial charge on any atom is -0.463 e. The first-order valence-corrected chi connectivity index (χ1v) is 6.20. The molecule has 0 radical (unpaired) electrons. The van der Waals surface area contributed by atoms with Crippen molar-refractivity contribution in [3.63, 3.8) is 0 Å². The molecule has 17 heavy (non-hydrogen) atoms. The van der Waals surface area contributed by atoms with Gasteiger partial charge in [0.1, 0.15) is 5.69 Å². The summed E-state index contributed by atoms with van der Waals surface area (Å²) in [5.74, 6) is -0.0247. The fourth-order valence-electron chi connectivity index (χ4n) is 2.48. The van der Waals surface area contributed by atoms with Gasteiger partial charge in [0.2, 0.25) is 0 Å². The molecule has 1 aliphatic rings. The zero-order chi connectivity index (χ0) is 11.7. The number of nitrogens with one attached hydrogen (secondary N) is 2. The number of aromatic nitrogens is 1. The maximum atomic E-state index is 12.0. The number of hydrogen-bond acceptors (Lipinski definition) is 2. The first-order chi connectivity index (χ1) is 8.33. The van der Waals surface area contributed by atoms with Crippen LogP contribution in [-0.2, 0) is 0 Å². The van der Waals surface area contributed by atoms with Crippen LogP contribution >= 0.6 is 0 Å². The van der Waals surface area contributed by atoms with E-state index in [1.165, 1.54) is 19.3 Å². The number of carbonyl (C=O) groups excluding carboxylic acids is 1. The summed E-state index contributed by atoms with van der Waals surface area (Å²) in [4.78, 5) is 15.1. The zero-order valence-corrected chi connectivity index (χ0v) is 9.66. The van der Waals surface area contributed by atoms with Gasteiger partial charge in [0.15, 0.2) is 5.58 Å². The van der Waals surface area contributed by atoms with Crippen molar-refractivity contribution in [1.82, 2.24) is 10.3 Å². The molecule has 2 heterocycles. The smallest absolute Gasteiger partial charge is 0.268 e. The summed E-state index contributed by atoms with van der Waals surface area (Å²) in [5, 5.41) is 3.07. The summed E-state index contributed by atoms with van der Waals surface area (Å²) in [7, 11) is 0. The average Bonchev–Trinajstić information content (AvgIpc) is 2.90. The van der Waals surface area contributed by atoms with E-state index in [0.717, 1.165) is 23.9 Å². The molecular formula is C13H16N2O2. The van der Waals surface area contributed by atoms with Crippen LogP contribution in [-0.4, -0.2) is 16.9 Å². The van der Waals surface area contributed by atoms with Gasteiger partial charge in [0.05, 0.1) is 11.8 Å². The van der Waals surface area contributed by atoms with Crippen molar-refractivity contribution in [3.8, 4) is 0 Å². The second kappa shape index (κ2) is 4.28. The van der Waals surface area contributed by atoms with E-state index in [0.29, 0.717) is 11.7 Å². The van der Waals surface area contributed by atoms with E-state index < -0.39 is 0 Å². The first-order valence-electron chi connectivity index (χ1n) is 6.20. The molecule has 2 aromatic heterocycles. The topological polar surface area (TPSA) is 58.0 Å². The summed E-state index contributed by atoms with van der Waals surface area (Å²) in [6.07, 6.45) is 7.55. The maximum absolute atomic E-state index is 12.0. The van der Waals surface area contributed by atoms with Gasteiger partial charge in [-0.25, -0.2) is 0 Å². The molecule has 90 valence electrons. The number of carbonyl (C=O) groups is 1. The number of amides is 1. The lowest BCUT2D eigenvalue weighted by Gasteiger charge is -2.22. The Labute approximate surface area is 99.4 Å². The quantitative estimate of drug-likeness (QED) is 0.836. The Hall–Kier alpha value is -1.71. The van der Waals surface area contributed by atoms with Gasteiger partial charge < -0.3 is 14.7 Å². The molecule has 0 unspecified atom stereocenters. The highest BCUT2D eigenvalue weighted by atomic mass is 16.3. The van der Waals surface area contributed by atoms with Gasteiger partial charge >= 0.3 is 0 Å². The fourth-order valence-corrected chi connectivity index (χ4v) is 2.48. The first kappa shape index (κ1) is 10.4. The van der Waals surface area contributed by atoms with Crippen molar-refractivity contribution in [2.75, 3.05) is 0 Å². The molecule has 0 aromatic carbocycles. The Bertz CT molecular complexity index is 492. The van der Waals surface area contributed by atoms with E-state index in [4.69, 9.17) is 4.42 Å². The van der Waals surface area contributed by atoms with Gasteiger partial charge in [-0.1, -0.05) is 19.3 Å². The normalized spacial score (nSPS) is 17.4. The molecule has 2 aromatic rings. The lowest BCUT2D eigenvalue weighted by molar-refractivity contribution is 0.0923. The fraction of sp³-hybridized carbons (Fsp3) is 0.462.